The van der Waals surface area contributed by atoms with Crippen molar-refractivity contribution >= 4 is 17.8 Å². The number of carbonyl (C=O) groups is 3. The van der Waals surface area contributed by atoms with Crippen LogP contribution in [0.4, 0.5) is 0 Å². The van der Waals surface area contributed by atoms with E-state index in [0.29, 0.717) is 0 Å². The monoisotopic (exact) mass is 259 g/mol. The number of ether oxygens (including phenoxy) is 1. The lowest BCUT2D eigenvalue weighted by atomic mass is 10.1. The number of carbonyl (C=O) groups excluding carboxylic acids is 3. The molecule has 2 amide bonds. The summed E-state index contributed by atoms with van der Waals surface area (Å²) in [5, 5.41) is 2.43. The van der Waals surface area contributed by atoms with Gasteiger partial charge < -0.3 is 20.7 Å². The maximum absolute atomic E-state index is 11.6. The van der Waals surface area contributed by atoms with Crippen molar-refractivity contribution in [3.63, 3.8) is 0 Å². The Bertz CT molecular complexity index is 317. The topological polar surface area (TPSA) is 102 Å². The van der Waals surface area contributed by atoms with Crippen molar-refractivity contribution in [2.75, 3.05) is 27.2 Å². The number of hydrogen-bond donors (Lipinski definition) is 2. The number of rotatable bonds is 6. The Labute approximate surface area is 107 Å². The molecule has 0 saturated heterocycles. The van der Waals surface area contributed by atoms with E-state index < -0.39 is 12.0 Å². The van der Waals surface area contributed by atoms with Gasteiger partial charge in [-0.1, -0.05) is 13.8 Å². The van der Waals surface area contributed by atoms with E-state index in [4.69, 9.17) is 5.73 Å². The second-order valence-electron chi connectivity index (χ2n) is 4.31. The molecule has 0 aliphatic heterocycles. The molecule has 0 aromatic heterocycles. The highest BCUT2D eigenvalue weighted by molar-refractivity contribution is 5.88. The van der Waals surface area contributed by atoms with Gasteiger partial charge in [-0.3, -0.25) is 14.4 Å². The molecule has 0 fully saturated rings. The molecule has 104 valence electrons. The highest BCUT2D eigenvalue weighted by Crippen LogP contribution is 1.97. The van der Waals surface area contributed by atoms with Gasteiger partial charge in [0, 0.05) is 7.05 Å². The maximum Gasteiger partial charge on any atom is 0.325 e. The van der Waals surface area contributed by atoms with Crippen LogP contribution in [-0.2, 0) is 19.1 Å². The van der Waals surface area contributed by atoms with Crippen LogP contribution in [0.2, 0.25) is 0 Å². The van der Waals surface area contributed by atoms with Crippen LogP contribution in [0, 0.1) is 5.92 Å². The molecule has 3 N–H and O–H groups in total. The quantitative estimate of drug-likeness (QED) is 0.578. The largest absolute Gasteiger partial charge is 0.468 e. The van der Waals surface area contributed by atoms with Gasteiger partial charge in [0.1, 0.15) is 6.54 Å². The molecule has 7 nitrogen and oxygen atoms in total. The van der Waals surface area contributed by atoms with Crippen LogP contribution >= 0.6 is 0 Å². The summed E-state index contributed by atoms with van der Waals surface area (Å²) in [6, 6.07) is -0.649. The number of nitrogens with two attached hydrogens (primary N) is 1. The molecule has 0 aliphatic carbocycles. The number of nitrogens with one attached hydrogen (secondary N) is 1. The number of methoxy groups -OCH3 is 1. The van der Waals surface area contributed by atoms with E-state index in [0.717, 1.165) is 0 Å². The van der Waals surface area contributed by atoms with Crippen LogP contribution in [0.3, 0.4) is 0 Å². The first-order chi connectivity index (χ1) is 8.29. The fourth-order valence-corrected chi connectivity index (χ4v) is 1.06. The fourth-order valence-electron chi connectivity index (χ4n) is 1.06. The average Bonchev–Trinajstić information content (AvgIpc) is 2.33. The molecule has 0 heterocycles. The summed E-state index contributed by atoms with van der Waals surface area (Å²) in [5.41, 5.74) is 5.61. The third kappa shape index (κ3) is 5.62. The molecular formula is C11H21N3O4. The minimum atomic E-state index is -0.649. The normalized spacial score (nSPS) is 11.9. The number of nitrogens with zero attached hydrogens (tertiary/aromatic N) is 1. The molecular weight excluding hydrogens is 238 g/mol. The molecule has 0 rings (SSSR count). The van der Waals surface area contributed by atoms with E-state index in [9.17, 15) is 14.4 Å². The van der Waals surface area contributed by atoms with Crippen LogP contribution in [0.25, 0.3) is 0 Å². The lowest BCUT2D eigenvalue weighted by Crippen LogP contribution is -2.47. The van der Waals surface area contributed by atoms with Gasteiger partial charge in [0.15, 0.2) is 0 Å². The minimum absolute atomic E-state index is 0.00657. The molecule has 7 heteroatoms. The Morgan fingerprint density at radius 2 is 1.89 bits per heavy atom. The summed E-state index contributed by atoms with van der Waals surface area (Å²) >= 11 is 0. The van der Waals surface area contributed by atoms with Gasteiger partial charge in [-0.2, -0.15) is 0 Å². The second-order valence-corrected chi connectivity index (χ2v) is 4.31. The van der Waals surface area contributed by atoms with E-state index in [-0.39, 0.29) is 30.8 Å². The second kappa shape index (κ2) is 7.65. The van der Waals surface area contributed by atoms with Crippen LogP contribution in [0.15, 0.2) is 0 Å². The van der Waals surface area contributed by atoms with Gasteiger partial charge in [-0.05, 0) is 5.92 Å². The van der Waals surface area contributed by atoms with Gasteiger partial charge in [0.2, 0.25) is 11.8 Å². The molecule has 18 heavy (non-hydrogen) atoms. The minimum Gasteiger partial charge on any atom is -0.468 e. The lowest BCUT2D eigenvalue weighted by Gasteiger charge is -2.18. The van der Waals surface area contributed by atoms with Gasteiger partial charge >= 0.3 is 5.97 Å². The Morgan fingerprint density at radius 3 is 2.33 bits per heavy atom. The third-order valence-corrected chi connectivity index (χ3v) is 2.45. The zero-order valence-electron chi connectivity index (χ0n) is 11.2. The Morgan fingerprint density at radius 1 is 1.33 bits per heavy atom. The van der Waals surface area contributed by atoms with Crippen LogP contribution < -0.4 is 11.1 Å². The smallest absolute Gasteiger partial charge is 0.325 e. The van der Waals surface area contributed by atoms with Crippen molar-refractivity contribution in [1.29, 1.82) is 0 Å². The van der Waals surface area contributed by atoms with Crippen molar-refractivity contribution in [3.05, 3.63) is 0 Å². The first-order valence-corrected chi connectivity index (χ1v) is 5.63. The predicted octanol–water partition coefficient (Wildman–Crippen LogP) is -1.28. The lowest BCUT2D eigenvalue weighted by molar-refractivity contribution is -0.146. The summed E-state index contributed by atoms with van der Waals surface area (Å²) in [5.74, 6) is -1.29. The maximum atomic E-state index is 11.6. The van der Waals surface area contributed by atoms with Gasteiger partial charge in [0.25, 0.3) is 0 Å². The fraction of sp³-hybridized carbons (Fsp3) is 0.727. The zero-order chi connectivity index (χ0) is 14.3. The Balaban J connectivity index is 4.10. The van der Waals surface area contributed by atoms with Crippen molar-refractivity contribution < 1.29 is 19.1 Å². The standard InChI is InChI=1S/C11H21N3O4/c1-7(2)10(12)11(17)13-5-8(15)14(3)6-9(16)18-4/h7,10H,5-6,12H2,1-4H3,(H,13,17)/t10-/m0/s1. The van der Waals surface area contributed by atoms with Gasteiger partial charge in [-0.15, -0.1) is 0 Å². The molecule has 0 aliphatic rings. The van der Waals surface area contributed by atoms with Gasteiger partial charge in [0.05, 0.1) is 19.7 Å². The summed E-state index contributed by atoms with van der Waals surface area (Å²) in [6.45, 7) is 3.29. The Hall–Kier alpha value is -1.63. The van der Waals surface area contributed by atoms with E-state index in [1.165, 1.54) is 19.1 Å². The third-order valence-electron chi connectivity index (χ3n) is 2.45. The first kappa shape index (κ1) is 16.4. The highest BCUT2D eigenvalue weighted by Gasteiger charge is 2.19. The molecule has 0 unspecified atom stereocenters. The van der Waals surface area contributed by atoms with Crippen LogP contribution in [-0.4, -0.2) is 56.0 Å². The first-order valence-electron chi connectivity index (χ1n) is 5.63. The molecule has 0 spiro atoms. The Kier molecular flexibility index (Phi) is 6.96. The highest BCUT2D eigenvalue weighted by atomic mass is 16.5. The van der Waals surface area contributed by atoms with Gasteiger partial charge in [-0.25, -0.2) is 0 Å². The van der Waals surface area contributed by atoms with Crippen LogP contribution in [0.5, 0.6) is 0 Å². The summed E-state index contributed by atoms with van der Waals surface area (Å²) < 4.78 is 4.43. The molecule has 0 aromatic rings. The zero-order valence-corrected chi connectivity index (χ0v) is 11.2. The SMILES string of the molecule is COC(=O)CN(C)C(=O)CNC(=O)[C@@H](N)C(C)C. The number of likely N-dealkylation sites (N-methyl/N-ethyl adjacent to an activating group) is 1. The average molecular weight is 259 g/mol. The molecule has 0 saturated carbocycles. The number of amides is 2. The molecule has 1 atom stereocenters. The van der Waals surface area contributed by atoms with E-state index in [1.807, 2.05) is 13.8 Å². The molecule has 0 radical (unpaired) electrons. The van der Waals surface area contributed by atoms with Crippen molar-refractivity contribution in [2.45, 2.75) is 19.9 Å². The van der Waals surface area contributed by atoms with E-state index in [2.05, 4.69) is 10.1 Å². The number of esters is 1. The predicted molar refractivity (Wildman–Crippen MR) is 65.5 cm³/mol. The van der Waals surface area contributed by atoms with Crippen molar-refractivity contribution in [1.82, 2.24) is 10.2 Å². The number of hydrogen-bond acceptors (Lipinski definition) is 5. The van der Waals surface area contributed by atoms with Crippen molar-refractivity contribution in [2.24, 2.45) is 11.7 Å². The molecule has 0 aromatic carbocycles. The van der Waals surface area contributed by atoms with Crippen LogP contribution in [0.1, 0.15) is 13.8 Å². The van der Waals surface area contributed by atoms with Crippen molar-refractivity contribution in [3.8, 4) is 0 Å². The van der Waals surface area contributed by atoms with E-state index in [1.54, 1.807) is 0 Å². The van der Waals surface area contributed by atoms with E-state index >= 15 is 0 Å². The molecule has 0 bridgehead atoms. The summed E-state index contributed by atoms with van der Waals surface area (Å²) in [4.78, 5) is 35.2. The summed E-state index contributed by atoms with van der Waals surface area (Å²) in [6.07, 6.45) is 0. The summed E-state index contributed by atoms with van der Waals surface area (Å²) in [7, 11) is 2.69.